The van der Waals surface area contributed by atoms with Gasteiger partial charge in [-0.1, -0.05) is 53.5 Å². The number of aryl methyl sites for hydroxylation is 1. The molecule has 24 heavy (non-hydrogen) atoms. The lowest BCUT2D eigenvalue weighted by Crippen LogP contribution is -2.25. The van der Waals surface area contributed by atoms with Crippen LogP contribution in [0.4, 0.5) is 11.6 Å². The van der Waals surface area contributed by atoms with Crippen molar-refractivity contribution in [2.24, 2.45) is 0 Å². The number of nitrogens with zero attached hydrogens (tertiary/aromatic N) is 3. The molecule has 5 nitrogen and oxygen atoms in total. The van der Waals surface area contributed by atoms with E-state index in [1.165, 1.54) is 10.8 Å². The molecule has 0 aliphatic rings. The van der Waals surface area contributed by atoms with E-state index in [0.29, 0.717) is 17.8 Å². The molecule has 0 unspecified atom stereocenters. The van der Waals surface area contributed by atoms with Crippen LogP contribution >= 0.6 is 11.6 Å². The number of benzene rings is 1. The Morgan fingerprint density at radius 3 is 2.71 bits per heavy atom. The lowest BCUT2D eigenvalue weighted by Gasteiger charge is -2.11. The van der Waals surface area contributed by atoms with Crippen LogP contribution in [0.15, 0.2) is 53.6 Å². The molecule has 1 N–H and O–H groups in total. The third-order valence-corrected chi connectivity index (χ3v) is 3.61. The predicted octanol–water partition coefficient (Wildman–Crippen LogP) is 2.19. The van der Waals surface area contributed by atoms with Crippen LogP contribution in [-0.4, -0.2) is 22.4 Å². The smallest absolute Gasteiger partial charge is 0.294 e. The van der Waals surface area contributed by atoms with E-state index in [-0.39, 0.29) is 16.5 Å². The normalized spacial score (nSPS) is 10.6. The van der Waals surface area contributed by atoms with Crippen molar-refractivity contribution in [1.82, 2.24) is 14.5 Å². The standard InChI is InChI=1S/C17H14BClN4O/c1-11-7-13(18)15(20-8-11)22-16-17(24)23(10-14(19)21-16)9-12-5-3-2-4-6-12/h2-8,10H,9H2,1H3,(H,20,21,22). The zero-order valence-electron chi connectivity index (χ0n) is 13.0. The lowest BCUT2D eigenvalue weighted by molar-refractivity contribution is 0.751. The average molecular weight is 337 g/mol. The van der Waals surface area contributed by atoms with Crippen molar-refractivity contribution in [2.45, 2.75) is 13.5 Å². The summed E-state index contributed by atoms with van der Waals surface area (Å²) in [5, 5.41) is 3.08. The van der Waals surface area contributed by atoms with Crippen LogP contribution in [-0.2, 0) is 6.54 Å². The van der Waals surface area contributed by atoms with E-state index >= 15 is 0 Å². The number of hydrogen-bond acceptors (Lipinski definition) is 4. The van der Waals surface area contributed by atoms with E-state index in [0.717, 1.165) is 11.1 Å². The average Bonchev–Trinajstić information content (AvgIpc) is 2.55. The molecular weight excluding hydrogens is 322 g/mol. The summed E-state index contributed by atoms with van der Waals surface area (Å²) in [5.74, 6) is 0.459. The molecule has 0 fully saturated rings. The first-order valence-electron chi connectivity index (χ1n) is 7.33. The molecule has 7 heteroatoms. The molecule has 118 valence electrons. The first-order valence-corrected chi connectivity index (χ1v) is 7.71. The van der Waals surface area contributed by atoms with Gasteiger partial charge in [-0.05, 0) is 18.1 Å². The molecule has 3 rings (SSSR count). The van der Waals surface area contributed by atoms with Gasteiger partial charge in [-0.2, -0.15) is 0 Å². The lowest BCUT2D eigenvalue weighted by atomic mass is 9.96. The van der Waals surface area contributed by atoms with Crippen molar-refractivity contribution in [3.8, 4) is 0 Å². The maximum absolute atomic E-state index is 12.6. The minimum atomic E-state index is -0.301. The van der Waals surface area contributed by atoms with Crippen molar-refractivity contribution in [3.05, 3.63) is 75.4 Å². The first-order chi connectivity index (χ1) is 11.5. The van der Waals surface area contributed by atoms with Gasteiger partial charge in [-0.3, -0.25) is 4.79 Å². The molecular formula is C17H14BClN4O. The highest BCUT2D eigenvalue weighted by Crippen LogP contribution is 2.11. The van der Waals surface area contributed by atoms with E-state index in [1.54, 1.807) is 12.3 Å². The summed E-state index contributed by atoms with van der Waals surface area (Å²) in [5.41, 5.74) is 2.05. The molecule has 0 aliphatic heterocycles. The SMILES string of the molecule is [B]c1cc(C)cnc1Nc1nc(Cl)cn(Cc2ccccc2)c1=O. The zero-order chi connectivity index (χ0) is 17.1. The molecule has 2 heterocycles. The zero-order valence-corrected chi connectivity index (χ0v) is 13.8. The van der Waals surface area contributed by atoms with Gasteiger partial charge in [-0.25, -0.2) is 9.97 Å². The second kappa shape index (κ2) is 6.89. The quantitative estimate of drug-likeness (QED) is 0.742. The van der Waals surface area contributed by atoms with Crippen molar-refractivity contribution in [1.29, 1.82) is 0 Å². The Bertz CT molecular complexity index is 928. The highest BCUT2D eigenvalue weighted by Gasteiger charge is 2.10. The van der Waals surface area contributed by atoms with Crippen LogP contribution in [0.2, 0.25) is 5.15 Å². The molecule has 0 amide bonds. The van der Waals surface area contributed by atoms with Gasteiger partial charge in [0.25, 0.3) is 5.56 Å². The number of rotatable bonds is 4. The number of nitrogens with one attached hydrogen (secondary N) is 1. The Labute approximate surface area is 145 Å². The van der Waals surface area contributed by atoms with E-state index in [2.05, 4.69) is 15.3 Å². The van der Waals surface area contributed by atoms with Crippen LogP contribution < -0.4 is 16.3 Å². The summed E-state index contributed by atoms with van der Waals surface area (Å²) in [6, 6.07) is 11.4. The predicted molar refractivity (Wildman–Crippen MR) is 96.7 cm³/mol. The minimum absolute atomic E-state index is 0.0847. The van der Waals surface area contributed by atoms with Gasteiger partial charge >= 0.3 is 0 Å². The monoisotopic (exact) mass is 336 g/mol. The molecule has 3 aromatic rings. The highest BCUT2D eigenvalue weighted by molar-refractivity contribution is 6.35. The molecule has 2 radical (unpaired) electrons. The number of halogens is 1. The van der Waals surface area contributed by atoms with Crippen molar-refractivity contribution in [2.75, 3.05) is 5.32 Å². The van der Waals surface area contributed by atoms with Crippen LogP contribution in [0.1, 0.15) is 11.1 Å². The number of anilines is 2. The summed E-state index contributed by atoms with van der Waals surface area (Å²) < 4.78 is 1.50. The van der Waals surface area contributed by atoms with E-state index in [1.807, 2.05) is 37.3 Å². The summed E-state index contributed by atoms with van der Waals surface area (Å²) in [4.78, 5) is 20.9. The van der Waals surface area contributed by atoms with E-state index in [4.69, 9.17) is 19.4 Å². The van der Waals surface area contributed by atoms with Gasteiger partial charge in [0, 0.05) is 12.4 Å². The summed E-state index contributed by atoms with van der Waals surface area (Å²) in [7, 11) is 5.92. The second-order valence-electron chi connectivity index (χ2n) is 5.41. The van der Waals surface area contributed by atoms with Gasteiger partial charge in [-0.15, -0.1) is 0 Å². The maximum Gasteiger partial charge on any atom is 0.294 e. The van der Waals surface area contributed by atoms with Crippen molar-refractivity contribution in [3.63, 3.8) is 0 Å². The van der Waals surface area contributed by atoms with Crippen LogP contribution in [0.25, 0.3) is 0 Å². The Kier molecular flexibility index (Phi) is 4.67. The summed E-state index contributed by atoms with van der Waals surface area (Å²) in [6.45, 7) is 2.28. The number of pyridine rings is 1. The number of hydrogen-bond donors (Lipinski definition) is 1. The molecule has 0 bridgehead atoms. The first kappa shape index (κ1) is 16.3. The third kappa shape index (κ3) is 3.66. The van der Waals surface area contributed by atoms with Crippen LogP contribution in [0.3, 0.4) is 0 Å². The Morgan fingerprint density at radius 1 is 1.25 bits per heavy atom. The largest absolute Gasteiger partial charge is 0.321 e. The fourth-order valence-electron chi connectivity index (χ4n) is 2.29. The fraction of sp³-hybridized carbons (Fsp3) is 0.118. The summed E-state index contributed by atoms with van der Waals surface area (Å²) >= 11 is 6.06. The number of aromatic nitrogens is 3. The topological polar surface area (TPSA) is 59.8 Å². The van der Waals surface area contributed by atoms with Gasteiger partial charge in [0.2, 0.25) is 0 Å². The van der Waals surface area contributed by atoms with Crippen LogP contribution in [0, 0.1) is 6.92 Å². The molecule has 0 saturated heterocycles. The van der Waals surface area contributed by atoms with Crippen LogP contribution in [0.5, 0.6) is 0 Å². The van der Waals surface area contributed by atoms with Gasteiger partial charge < -0.3 is 9.88 Å². The molecule has 0 saturated carbocycles. The maximum atomic E-state index is 12.6. The Morgan fingerprint density at radius 2 is 2.00 bits per heavy atom. The van der Waals surface area contributed by atoms with E-state index in [9.17, 15) is 4.79 Å². The molecule has 0 spiro atoms. The molecule has 1 aromatic carbocycles. The fourth-order valence-corrected chi connectivity index (χ4v) is 2.50. The van der Waals surface area contributed by atoms with Gasteiger partial charge in [0.15, 0.2) is 5.82 Å². The van der Waals surface area contributed by atoms with E-state index < -0.39 is 0 Å². The minimum Gasteiger partial charge on any atom is -0.321 e. The highest BCUT2D eigenvalue weighted by atomic mass is 35.5. The molecule has 0 aliphatic carbocycles. The Balaban J connectivity index is 1.95. The molecule has 0 atom stereocenters. The summed E-state index contributed by atoms with van der Waals surface area (Å²) in [6.07, 6.45) is 3.17. The van der Waals surface area contributed by atoms with Crippen molar-refractivity contribution < 1.29 is 0 Å². The second-order valence-corrected chi connectivity index (χ2v) is 5.79. The Hall–Kier alpha value is -2.60. The third-order valence-electron chi connectivity index (χ3n) is 3.43. The molecule has 2 aromatic heterocycles. The van der Waals surface area contributed by atoms with Gasteiger partial charge in [0.05, 0.1) is 6.54 Å². The van der Waals surface area contributed by atoms with Gasteiger partial charge in [0.1, 0.15) is 18.8 Å². The van der Waals surface area contributed by atoms with Crippen molar-refractivity contribution >= 4 is 36.5 Å².